The smallest absolute Gasteiger partial charge is 0.133 e. The van der Waals surface area contributed by atoms with Crippen molar-refractivity contribution in [1.82, 2.24) is 4.98 Å². The summed E-state index contributed by atoms with van der Waals surface area (Å²) in [5, 5.41) is 1.15. The lowest BCUT2D eigenvalue weighted by Gasteiger charge is -1.96. The van der Waals surface area contributed by atoms with Gasteiger partial charge in [-0.25, -0.2) is 4.98 Å². The van der Waals surface area contributed by atoms with Gasteiger partial charge in [-0.05, 0) is 25.0 Å². The summed E-state index contributed by atoms with van der Waals surface area (Å²) in [6.45, 7) is 6.55. The molecule has 2 rings (SSSR count). The molecule has 0 saturated carbocycles. The zero-order valence-corrected chi connectivity index (χ0v) is 10.2. The predicted octanol–water partition coefficient (Wildman–Crippen LogP) is 4.30. The second-order valence-electron chi connectivity index (χ2n) is 3.63. The van der Waals surface area contributed by atoms with Crippen LogP contribution in [0.15, 0.2) is 18.3 Å². The zero-order chi connectivity index (χ0) is 10.1. The van der Waals surface area contributed by atoms with E-state index in [2.05, 4.69) is 37.9 Å². The molecule has 2 heterocycles. The largest absolute Gasteiger partial charge is 0.243 e. The normalized spacial score (nSPS) is 11.1. The Hall–Kier alpha value is -0.670. The van der Waals surface area contributed by atoms with Crippen LogP contribution < -0.4 is 0 Å². The van der Waals surface area contributed by atoms with E-state index in [1.807, 2.05) is 17.5 Å². The Morgan fingerprint density at radius 2 is 2.00 bits per heavy atom. The minimum absolute atomic E-state index is 0.620. The Kier molecular flexibility index (Phi) is 2.70. The van der Waals surface area contributed by atoms with Crippen molar-refractivity contribution in [2.45, 2.75) is 26.7 Å². The number of aromatic nitrogens is 1. The first kappa shape index (κ1) is 9.87. The van der Waals surface area contributed by atoms with E-state index in [4.69, 9.17) is 0 Å². The van der Waals surface area contributed by atoms with E-state index >= 15 is 0 Å². The van der Waals surface area contributed by atoms with Gasteiger partial charge in [0.2, 0.25) is 0 Å². The van der Waals surface area contributed by atoms with Gasteiger partial charge in [0.25, 0.3) is 0 Å². The van der Waals surface area contributed by atoms with Gasteiger partial charge >= 0.3 is 0 Å². The van der Waals surface area contributed by atoms with Crippen molar-refractivity contribution in [3.8, 4) is 9.88 Å². The van der Waals surface area contributed by atoms with Gasteiger partial charge < -0.3 is 0 Å². The lowest BCUT2D eigenvalue weighted by molar-refractivity contribution is 0.890. The van der Waals surface area contributed by atoms with Crippen molar-refractivity contribution in [2.24, 2.45) is 0 Å². The van der Waals surface area contributed by atoms with Crippen molar-refractivity contribution in [3.63, 3.8) is 0 Å². The molecule has 14 heavy (non-hydrogen) atoms. The van der Waals surface area contributed by atoms with E-state index in [9.17, 15) is 0 Å². The number of rotatable bonds is 2. The van der Waals surface area contributed by atoms with E-state index < -0.39 is 0 Å². The van der Waals surface area contributed by atoms with E-state index in [0.717, 1.165) is 5.01 Å². The Bertz CT molecular complexity index is 426. The molecular weight excluding hydrogens is 210 g/mol. The summed E-state index contributed by atoms with van der Waals surface area (Å²) in [6, 6.07) is 4.39. The van der Waals surface area contributed by atoms with Crippen LogP contribution in [0.25, 0.3) is 9.88 Å². The monoisotopic (exact) mass is 223 g/mol. The molecule has 0 aliphatic heterocycles. The van der Waals surface area contributed by atoms with E-state index in [1.165, 1.54) is 14.6 Å². The molecule has 0 radical (unpaired) electrons. The number of nitrogens with zero attached hydrogens (tertiary/aromatic N) is 1. The number of hydrogen-bond donors (Lipinski definition) is 0. The fourth-order valence-electron chi connectivity index (χ4n) is 1.25. The molecule has 74 valence electrons. The molecule has 0 fully saturated rings. The van der Waals surface area contributed by atoms with Crippen molar-refractivity contribution >= 4 is 22.7 Å². The second kappa shape index (κ2) is 3.83. The summed E-state index contributed by atoms with van der Waals surface area (Å²) < 4.78 is 0. The highest BCUT2D eigenvalue weighted by atomic mass is 32.1. The highest BCUT2D eigenvalue weighted by Crippen LogP contribution is 2.33. The third-order valence-electron chi connectivity index (χ3n) is 2.03. The van der Waals surface area contributed by atoms with Crippen molar-refractivity contribution < 1.29 is 0 Å². The molecular formula is C11H13NS2. The van der Waals surface area contributed by atoms with Gasteiger partial charge in [-0.1, -0.05) is 13.8 Å². The molecule has 0 aliphatic rings. The lowest BCUT2D eigenvalue weighted by Crippen LogP contribution is -1.77. The minimum Gasteiger partial charge on any atom is -0.243 e. The summed E-state index contributed by atoms with van der Waals surface area (Å²) in [6.07, 6.45) is 1.94. The van der Waals surface area contributed by atoms with Gasteiger partial charge in [-0.3, -0.25) is 0 Å². The van der Waals surface area contributed by atoms with Crippen LogP contribution in [0.5, 0.6) is 0 Å². The Morgan fingerprint density at radius 3 is 2.50 bits per heavy atom. The maximum Gasteiger partial charge on any atom is 0.133 e. The molecule has 0 atom stereocenters. The molecule has 0 unspecified atom stereocenters. The molecule has 0 saturated heterocycles. The first-order chi connectivity index (χ1) is 6.66. The van der Waals surface area contributed by atoms with Crippen molar-refractivity contribution in [2.75, 3.05) is 0 Å². The number of hydrogen-bond acceptors (Lipinski definition) is 3. The van der Waals surface area contributed by atoms with Crippen molar-refractivity contribution in [3.05, 3.63) is 28.1 Å². The fraction of sp³-hybridized carbons (Fsp3) is 0.364. The zero-order valence-electron chi connectivity index (χ0n) is 8.57. The minimum atomic E-state index is 0.620. The molecule has 1 nitrogen and oxygen atoms in total. The van der Waals surface area contributed by atoms with E-state index in [-0.39, 0.29) is 0 Å². The molecule has 0 amide bonds. The topological polar surface area (TPSA) is 12.9 Å². The summed E-state index contributed by atoms with van der Waals surface area (Å²) in [7, 11) is 0. The van der Waals surface area contributed by atoms with Gasteiger partial charge in [0, 0.05) is 16.0 Å². The Balaban J connectivity index is 2.33. The standard InChI is InChI=1S/C11H13NS2/c1-7(2)9-4-5-10(14-9)11-12-6-8(3)13-11/h4-7H,1-3H3. The highest BCUT2D eigenvalue weighted by molar-refractivity contribution is 7.21. The molecule has 0 N–H and O–H groups in total. The van der Waals surface area contributed by atoms with Gasteiger partial charge in [-0.2, -0.15) is 0 Å². The highest BCUT2D eigenvalue weighted by Gasteiger charge is 2.08. The third kappa shape index (κ3) is 1.88. The summed E-state index contributed by atoms with van der Waals surface area (Å²) in [5.41, 5.74) is 0. The average molecular weight is 223 g/mol. The molecule has 0 aliphatic carbocycles. The van der Waals surface area contributed by atoms with Crippen LogP contribution in [0.1, 0.15) is 29.5 Å². The van der Waals surface area contributed by atoms with Gasteiger partial charge in [0.15, 0.2) is 0 Å². The van der Waals surface area contributed by atoms with Crippen LogP contribution in [-0.2, 0) is 0 Å². The molecule has 2 aromatic rings. The molecule has 0 aromatic carbocycles. The maximum absolute atomic E-state index is 4.39. The number of aryl methyl sites for hydroxylation is 1. The van der Waals surface area contributed by atoms with Crippen LogP contribution >= 0.6 is 22.7 Å². The van der Waals surface area contributed by atoms with Crippen molar-refractivity contribution in [1.29, 1.82) is 0 Å². The quantitative estimate of drug-likeness (QED) is 0.739. The Morgan fingerprint density at radius 1 is 1.21 bits per heavy atom. The maximum atomic E-state index is 4.39. The van der Waals surface area contributed by atoms with Crippen LogP contribution in [0.2, 0.25) is 0 Å². The van der Waals surface area contributed by atoms with E-state index in [1.54, 1.807) is 11.3 Å². The van der Waals surface area contributed by atoms with E-state index in [0.29, 0.717) is 5.92 Å². The SMILES string of the molecule is Cc1cnc(-c2ccc(C(C)C)s2)s1. The molecule has 2 aromatic heterocycles. The van der Waals surface area contributed by atoms with Crippen LogP contribution in [-0.4, -0.2) is 4.98 Å². The van der Waals surface area contributed by atoms with Gasteiger partial charge in [0.1, 0.15) is 5.01 Å². The molecule has 0 bridgehead atoms. The van der Waals surface area contributed by atoms with Crippen LogP contribution in [0.4, 0.5) is 0 Å². The summed E-state index contributed by atoms with van der Waals surface area (Å²) >= 11 is 3.62. The summed E-state index contributed by atoms with van der Waals surface area (Å²) in [4.78, 5) is 8.40. The van der Waals surface area contributed by atoms with Crippen LogP contribution in [0, 0.1) is 6.92 Å². The van der Waals surface area contributed by atoms with Gasteiger partial charge in [-0.15, -0.1) is 22.7 Å². The van der Waals surface area contributed by atoms with Gasteiger partial charge in [0.05, 0.1) is 4.88 Å². The number of thiophene rings is 1. The second-order valence-corrected chi connectivity index (χ2v) is 5.98. The molecule has 3 heteroatoms. The first-order valence-corrected chi connectivity index (χ1v) is 6.32. The van der Waals surface area contributed by atoms with Crippen LogP contribution in [0.3, 0.4) is 0 Å². The Labute approximate surface area is 92.4 Å². The third-order valence-corrected chi connectivity index (χ3v) is 4.50. The lowest BCUT2D eigenvalue weighted by atomic mass is 10.2. The fourth-order valence-corrected chi connectivity index (χ4v) is 3.08. The first-order valence-electron chi connectivity index (χ1n) is 4.69. The summed E-state index contributed by atoms with van der Waals surface area (Å²) in [5.74, 6) is 0.620. The number of thiazole rings is 1. The predicted molar refractivity (Wildman–Crippen MR) is 64.3 cm³/mol. The average Bonchev–Trinajstić information content (AvgIpc) is 2.70. The molecule has 0 spiro atoms.